The van der Waals surface area contributed by atoms with Crippen molar-refractivity contribution >= 4 is 21.7 Å². The maximum Gasteiger partial charge on any atom is 0.319 e. The van der Waals surface area contributed by atoms with E-state index >= 15 is 0 Å². The number of carbonyl (C=O) groups is 1. The van der Waals surface area contributed by atoms with Gasteiger partial charge >= 0.3 is 6.03 Å². The lowest BCUT2D eigenvalue weighted by molar-refractivity contribution is 0.133. The SMILES string of the molecule is CCOCc1ccccc1CNS(=O)(=O)c1ccc2c(c1)CCN2C(N)=O. The highest BCUT2D eigenvalue weighted by Gasteiger charge is 2.25. The Hall–Kier alpha value is -2.42. The average molecular weight is 389 g/mol. The van der Waals surface area contributed by atoms with Crippen LogP contribution < -0.4 is 15.4 Å². The highest BCUT2D eigenvalue weighted by Crippen LogP contribution is 2.30. The summed E-state index contributed by atoms with van der Waals surface area (Å²) in [4.78, 5) is 13.0. The van der Waals surface area contributed by atoms with Crippen LogP contribution in [0.1, 0.15) is 23.6 Å². The first-order valence-corrected chi connectivity index (χ1v) is 10.2. The Balaban J connectivity index is 1.76. The van der Waals surface area contributed by atoms with Gasteiger partial charge in [-0.3, -0.25) is 4.90 Å². The lowest BCUT2D eigenvalue weighted by atomic mass is 10.1. The average Bonchev–Trinajstić information content (AvgIpc) is 3.09. The first kappa shape index (κ1) is 19.3. The number of amides is 2. The summed E-state index contributed by atoms with van der Waals surface area (Å²) in [6, 6.07) is 11.8. The molecule has 3 rings (SSSR count). The number of sulfonamides is 1. The molecule has 0 radical (unpaired) electrons. The van der Waals surface area contributed by atoms with Gasteiger partial charge in [0.25, 0.3) is 0 Å². The summed E-state index contributed by atoms with van der Waals surface area (Å²) in [7, 11) is -3.68. The number of carbonyl (C=O) groups excluding carboxylic acids is 1. The van der Waals surface area contributed by atoms with Crippen LogP contribution in [0.3, 0.4) is 0 Å². The predicted molar refractivity (Wildman–Crippen MR) is 103 cm³/mol. The van der Waals surface area contributed by atoms with Gasteiger partial charge in [0.05, 0.1) is 11.5 Å². The van der Waals surface area contributed by atoms with E-state index in [1.807, 2.05) is 31.2 Å². The molecule has 0 spiro atoms. The molecule has 3 N–H and O–H groups in total. The van der Waals surface area contributed by atoms with E-state index in [2.05, 4.69) is 4.72 Å². The van der Waals surface area contributed by atoms with E-state index in [1.54, 1.807) is 12.1 Å². The molecule has 0 aliphatic carbocycles. The highest BCUT2D eigenvalue weighted by molar-refractivity contribution is 7.89. The predicted octanol–water partition coefficient (Wildman–Crippen LogP) is 2.14. The van der Waals surface area contributed by atoms with Crippen LogP contribution in [0.25, 0.3) is 0 Å². The number of nitrogens with zero attached hydrogens (tertiary/aromatic N) is 1. The van der Waals surface area contributed by atoms with Crippen LogP contribution in [0.15, 0.2) is 47.4 Å². The fraction of sp³-hybridized carbons (Fsp3) is 0.316. The number of rotatable bonds is 7. The van der Waals surface area contributed by atoms with Gasteiger partial charge in [0.1, 0.15) is 0 Å². The summed E-state index contributed by atoms with van der Waals surface area (Å²) in [5.41, 5.74) is 8.64. The van der Waals surface area contributed by atoms with Crippen molar-refractivity contribution in [2.45, 2.75) is 31.4 Å². The third-order valence-corrected chi connectivity index (χ3v) is 5.95. The van der Waals surface area contributed by atoms with Gasteiger partial charge in [0, 0.05) is 25.4 Å². The molecular formula is C19H23N3O4S. The molecule has 1 aliphatic heterocycles. The van der Waals surface area contributed by atoms with Crippen LogP contribution in [0.2, 0.25) is 0 Å². The van der Waals surface area contributed by atoms with Gasteiger partial charge in [-0.25, -0.2) is 17.9 Å². The largest absolute Gasteiger partial charge is 0.377 e. The Labute approximate surface area is 159 Å². The first-order valence-electron chi connectivity index (χ1n) is 8.76. The second kappa shape index (κ2) is 8.08. The van der Waals surface area contributed by atoms with Gasteiger partial charge < -0.3 is 10.5 Å². The van der Waals surface area contributed by atoms with Crippen molar-refractivity contribution in [3.8, 4) is 0 Å². The molecule has 1 heterocycles. The fourth-order valence-electron chi connectivity index (χ4n) is 3.11. The Bertz CT molecular complexity index is 944. The number of anilines is 1. The summed E-state index contributed by atoms with van der Waals surface area (Å²) in [6.07, 6.45) is 0.582. The van der Waals surface area contributed by atoms with E-state index in [4.69, 9.17) is 10.5 Å². The lowest BCUT2D eigenvalue weighted by Crippen LogP contribution is -2.33. The van der Waals surface area contributed by atoms with E-state index in [9.17, 15) is 13.2 Å². The Morgan fingerprint density at radius 2 is 1.96 bits per heavy atom. The lowest BCUT2D eigenvalue weighted by Gasteiger charge is -2.15. The van der Waals surface area contributed by atoms with Crippen LogP contribution >= 0.6 is 0 Å². The van der Waals surface area contributed by atoms with Gasteiger partial charge in [0.2, 0.25) is 10.0 Å². The number of nitrogens with one attached hydrogen (secondary N) is 1. The monoisotopic (exact) mass is 389 g/mol. The minimum Gasteiger partial charge on any atom is -0.377 e. The van der Waals surface area contributed by atoms with Crippen molar-refractivity contribution < 1.29 is 17.9 Å². The van der Waals surface area contributed by atoms with Crippen molar-refractivity contribution in [2.75, 3.05) is 18.1 Å². The third kappa shape index (κ3) is 4.29. The molecule has 0 saturated heterocycles. The molecule has 2 aromatic carbocycles. The van der Waals surface area contributed by atoms with Crippen molar-refractivity contribution in [1.29, 1.82) is 0 Å². The molecule has 7 nitrogen and oxygen atoms in total. The molecule has 0 saturated carbocycles. The van der Waals surface area contributed by atoms with Gasteiger partial charge in [-0.05, 0) is 48.2 Å². The fourth-order valence-corrected chi connectivity index (χ4v) is 4.17. The molecule has 0 atom stereocenters. The quantitative estimate of drug-likeness (QED) is 0.757. The molecule has 8 heteroatoms. The molecule has 0 fully saturated rings. The summed E-state index contributed by atoms with van der Waals surface area (Å²) >= 11 is 0. The van der Waals surface area contributed by atoms with E-state index in [0.29, 0.717) is 31.9 Å². The van der Waals surface area contributed by atoms with Crippen LogP contribution in [0, 0.1) is 0 Å². The second-order valence-corrected chi connectivity index (χ2v) is 8.03. The molecular weight excluding hydrogens is 366 g/mol. The Morgan fingerprint density at radius 1 is 1.22 bits per heavy atom. The number of nitrogens with two attached hydrogens (primary N) is 1. The summed E-state index contributed by atoms with van der Waals surface area (Å²) in [5.74, 6) is 0. The molecule has 0 bridgehead atoms. The molecule has 0 unspecified atom stereocenters. The van der Waals surface area contributed by atoms with Crippen molar-refractivity contribution in [3.05, 3.63) is 59.2 Å². The Kier molecular flexibility index (Phi) is 5.79. The van der Waals surface area contributed by atoms with Gasteiger partial charge in [-0.2, -0.15) is 0 Å². The maximum atomic E-state index is 12.7. The van der Waals surface area contributed by atoms with Crippen LogP contribution in [-0.4, -0.2) is 27.6 Å². The van der Waals surface area contributed by atoms with Crippen LogP contribution in [0.5, 0.6) is 0 Å². The van der Waals surface area contributed by atoms with Gasteiger partial charge in [0.15, 0.2) is 0 Å². The maximum absolute atomic E-state index is 12.7. The topological polar surface area (TPSA) is 102 Å². The zero-order valence-corrected chi connectivity index (χ0v) is 16.0. The number of benzene rings is 2. The smallest absolute Gasteiger partial charge is 0.319 e. The molecule has 0 aromatic heterocycles. The van der Waals surface area contributed by atoms with E-state index in [0.717, 1.165) is 16.7 Å². The zero-order valence-electron chi connectivity index (χ0n) is 15.1. The standard InChI is InChI=1S/C19H23N3O4S/c1-2-26-13-16-6-4-3-5-15(16)12-21-27(24,25)17-7-8-18-14(11-17)9-10-22(18)19(20)23/h3-8,11,21H,2,9-10,12-13H2,1H3,(H2,20,23). The second-order valence-electron chi connectivity index (χ2n) is 6.26. The summed E-state index contributed by atoms with van der Waals surface area (Å²) < 4.78 is 33.5. The van der Waals surface area contributed by atoms with Crippen molar-refractivity contribution in [3.63, 3.8) is 0 Å². The minimum absolute atomic E-state index is 0.176. The zero-order chi connectivity index (χ0) is 19.4. The van der Waals surface area contributed by atoms with E-state index < -0.39 is 16.1 Å². The van der Waals surface area contributed by atoms with Crippen LogP contribution in [0.4, 0.5) is 10.5 Å². The molecule has 1 aliphatic rings. The molecule has 27 heavy (non-hydrogen) atoms. The molecule has 2 aromatic rings. The number of fused-ring (bicyclic) bond motifs is 1. The first-order chi connectivity index (χ1) is 12.9. The van der Waals surface area contributed by atoms with Gasteiger partial charge in [-0.1, -0.05) is 24.3 Å². The Morgan fingerprint density at radius 3 is 2.67 bits per heavy atom. The van der Waals surface area contributed by atoms with Crippen molar-refractivity contribution in [2.24, 2.45) is 5.73 Å². The highest BCUT2D eigenvalue weighted by atomic mass is 32.2. The van der Waals surface area contributed by atoms with E-state index in [-0.39, 0.29) is 11.4 Å². The number of primary amides is 1. The number of hydrogen-bond acceptors (Lipinski definition) is 4. The minimum atomic E-state index is -3.68. The summed E-state index contributed by atoms with van der Waals surface area (Å²) in [5, 5.41) is 0. The van der Waals surface area contributed by atoms with E-state index in [1.165, 1.54) is 11.0 Å². The number of ether oxygens (including phenoxy) is 1. The van der Waals surface area contributed by atoms with Crippen LogP contribution in [-0.2, 0) is 34.3 Å². The number of urea groups is 1. The summed E-state index contributed by atoms with van der Waals surface area (Å²) in [6.45, 7) is 3.59. The van der Waals surface area contributed by atoms with Crippen molar-refractivity contribution in [1.82, 2.24) is 4.72 Å². The molecule has 2 amide bonds. The number of hydrogen-bond donors (Lipinski definition) is 2. The molecule has 144 valence electrons. The third-order valence-electron chi connectivity index (χ3n) is 4.56. The van der Waals surface area contributed by atoms with Gasteiger partial charge in [-0.15, -0.1) is 0 Å². The normalized spacial score (nSPS) is 13.6.